The first-order valence-corrected chi connectivity index (χ1v) is 6.84. The van der Waals surface area contributed by atoms with Gasteiger partial charge in [-0.15, -0.1) is 10.2 Å². The van der Waals surface area contributed by atoms with Crippen LogP contribution in [-0.2, 0) is 11.3 Å². The summed E-state index contributed by atoms with van der Waals surface area (Å²) < 4.78 is 11.9. The molecule has 0 saturated heterocycles. The van der Waals surface area contributed by atoms with Crippen molar-refractivity contribution >= 4 is 17.6 Å². The number of methoxy groups -OCH3 is 1. The van der Waals surface area contributed by atoms with Gasteiger partial charge in [0.05, 0.1) is 20.3 Å². The molecule has 21 heavy (non-hydrogen) atoms. The lowest BCUT2D eigenvalue weighted by atomic mass is 10.2. The van der Waals surface area contributed by atoms with E-state index in [1.54, 1.807) is 37.7 Å². The molecular weight excluding hydrogens is 294 g/mol. The van der Waals surface area contributed by atoms with E-state index in [1.165, 1.54) is 0 Å². The predicted octanol–water partition coefficient (Wildman–Crippen LogP) is 2.47. The highest BCUT2D eigenvalue weighted by Gasteiger charge is 2.20. The average Bonchev–Trinajstić information content (AvgIpc) is 2.83. The lowest BCUT2D eigenvalue weighted by Crippen LogP contribution is -2.15. The fourth-order valence-electron chi connectivity index (χ4n) is 1.96. The van der Waals surface area contributed by atoms with E-state index < -0.39 is 5.97 Å². The van der Waals surface area contributed by atoms with Gasteiger partial charge >= 0.3 is 5.97 Å². The number of carbonyl (C=O) groups is 1. The van der Waals surface area contributed by atoms with Gasteiger partial charge in [-0.05, 0) is 26.0 Å². The summed E-state index contributed by atoms with van der Waals surface area (Å²) >= 11 is 6.22. The quantitative estimate of drug-likeness (QED) is 0.794. The third-order valence-corrected chi connectivity index (χ3v) is 3.36. The van der Waals surface area contributed by atoms with Gasteiger partial charge in [0, 0.05) is 10.6 Å². The summed E-state index contributed by atoms with van der Waals surface area (Å²) in [5, 5.41) is 8.35. The van der Waals surface area contributed by atoms with Crippen molar-refractivity contribution in [1.29, 1.82) is 0 Å². The van der Waals surface area contributed by atoms with E-state index in [2.05, 4.69) is 10.2 Å². The second-order valence-electron chi connectivity index (χ2n) is 4.30. The number of rotatable bonds is 5. The van der Waals surface area contributed by atoms with Crippen LogP contribution in [0.25, 0.3) is 0 Å². The van der Waals surface area contributed by atoms with Gasteiger partial charge in [0.2, 0.25) is 5.82 Å². The number of nitrogens with zero attached hydrogens (tertiary/aromatic N) is 3. The van der Waals surface area contributed by atoms with Crippen LogP contribution in [-0.4, -0.2) is 34.5 Å². The fourth-order valence-corrected chi connectivity index (χ4v) is 2.18. The number of benzene rings is 1. The minimum atomic E-state index is -0.510. The van der Waals surface area contributed by atoms with Gasteiger partial charge < -0.3 is 14.0 Å². The van der Waals surface area contributed by atoms with E-state index >= 15 is 0 Å². The number of carbonyl (C=O) groups excluding carboxylic acids is 1. The molecule has 1 aromatic heterocycles. The summed E-state index contributed by atoms with van der Waals surface area (Å²) in [5.74, 6) is 0.880. The van der Waals surface area contributed by atoms with E-state index in [0.717, 1.165) is 5.56 Å². The second-order valence-corrected chi connectivity index (χ2v) is 4.71. The Morgan fingerprint density at radius 1 is 1.38 bits per heavy atom. The maximum Gasteiger partial charge on any atom is 0.376 e. The van der Waals surface area contributed by atoms with Crippen molar-refractivity contribution in [2.24, 2.45) is 0 Å². The molecule has 0 spiro atoms. The molecule has 0 N–H and O–H groups in total. The Bertz CT molecular complexity index is 655. The van der Waals surface area contributed by atoms with Gasteiger partial charge in [-0.25, -0.2) is 4.79 Å². The maximum absolute atomic E-state index is 11.9. The standard InChI is InChI=1S/C14H16ClN3O3/c1-4-21-14(19)13-17-16-9(2)18(13)8-10-11(15)6-5-7-12(10)20-3/h5-7H,4,8H2,1-3H3. The fraction of sp³-hybridized carbons (Fsp3) is 0.357. The van der Waals surface area contributed by atoms with E-state index in [0.29, 0.717) is 23.1 Å². The lowest BCUT2D eigenvalue weighted by molar-refractivity contribution is 0.0506. The summed E-state index contributed by atoms with van der Waals surface area (Å²) in [5.41, 5.74) is 0.759. The van der Waals surface area contributed by atoms with Gasteiger partial charge in [-0.1, -0.05) is 17.7 Å². The SMILES string of the molecule is CCOC(=O)c1nnc(C)n1Cc1c(Cl)cccc1OC. The number of hydrogen-bond donors (Lipinski definition) is 0. The Kier molecular flexibility index (Phi) is 4.80. The first-order valence-electron chi connectivity index (χ1n) is 6.46. The average molecular weight is 310 g/mol. The van der Waals surface area contributed by atoms with Crippen molar-refractivity contribution in [2.45, 2.75) is 20.4 Å². The number of halogens is 1. The maximum atomic E-state index is 11.9. The largest absolute Gasteiger partial charge is 0.496 e. The Balaban J connectivity index is 2.41. The molecule has 0 atom stereocenters. The summed E-state index contributed by atoms with van der Waals surface area (Å²) in [6, 6.07) is 5.38. The Morgan fingerprint density at radius 2 is 2.14 bits per heavy atom. The van der Waals surface area contributed by atoms with Crippen LogP contribution < -0.4 is 4.74 Å². The molecule has 0 aliphatic rings. The molecule has 112 valence electrons. The second kappa shape index (κ2) is 6.58. The number of aryl methyl sites for hydroxylation is 1. The molecular formula is C14H16ClN3O3. The number of aromatic nitrogens is 3. The van der Waals surface area contributed by atoms with Crippen molar-refractivity contribution < 1.29 is 14.3 Å². The van der Waals surface area contributed by atoms with Crippen molar-refractivity contribution in [3.8, 4) is 5.75 Å². The molecule has 0 unspecified atom stereocenters. The van der Waals surface area contributed by atoms with Crippen LogP contribution in [0.15, 0.2) is 18.2 Å². The molecule has 2 rings (SSSR count). The Morgan fingerprint density at radius 3 is 2.81 bits per heavy atom. The van der Waals surface area contributed by atoms with Crippen LogP contribution in [0.1, 0.15) is 28.9 Å². The summed E-state index contributed by atoms with van der Waals surface area (Å²) in [7, 11) is 1.57. The molecule has 6 nitrogen and oxygen atoms in total. The zero-order chi connectivity index (χ0) is 15.4. The Hall–Kier alpha value is -2.08. The number of hydrogen-bond acceptors (Lipinski definition) is 5. The highest BCUT2D eigenvalue weighted by atomic mass is 35.5. The molecule has 0 aliphatic carbocycles. The van der Waals surface area contributed by atoms with Crippen molar-refractivity contribution in [1.82, 2.24) is 14.8 Å². The zero-order valence-electron chi connectivity index (χ0n) is 12.1. The smallest absolute Gasteiger partial charge is 0.376 e. The Labute approximate surface area is 127 Å². The molecule has 0 aliphatic heterocycles. The van der Waals surface area contributed by atoms with E-state index in [4.69, 9.17) is 21.1 Å². The first kappa shape index (κ1) is 15.3. The number of esters is 1. The zero-order valence-corrected chi connectivity index (χ0v) is 12.8. The number of ether oxygens (including phenoxy) is 2. The molecule has 0 bridgehead atoms. The molecule has 7 heteroatoms. The predicted molar refractivity (Wildman–Crippen MR) is 77.8 cm³/mol. The van der Waals surface area contributed by atoms with Crippen LogP contribution in [0.4, 0.5) is 0 Å². The molecule has 2 aromatic rings. The third kappa shape index (κ3) is 3.16. The summed E-state index contributed by atoms with van der Waals surface area (Å²) in [6.07, 6.45) is 0. The molecule has 0 radical (unpaired) electrons. The normalized spacial score (nSPS) is 10.5. The van der Waals surface area contributed by atoms with Gasteiger partial charge in [0.1, 0.15) is 11.6 Å². The van der Waals surface area contributed by atoms with Crippen LogP contribution in [0.3, 0.4) is 0 Å². The van der Waals surface area contributed by atoms with Gasteiger partial charge in [0.25, 0.3) is 0 Å². The van der Waals surface area contributed by atoms with Crippen molar-refractivity contribution in [2.75, 3.05) is 13.7 Å². The highest BCUT2D eigenvalue weighted by Crippen LogP contribution is 2.27. The first-order chi connectivity index (χ1) is 10.1. The van der Waals surface area contributed by atoms with Crippen LogP contribution in [0.5, 0.6) is 5.75 Å². The summed E-state index contributed by atoms with van der Waals surface area (Å²) in [6.45, 7) is 4.11. The monoisotopic (exact) mass is 309 g/mol. The molecule has 1 aromatic carbocycles. The molecule has 0 saturated carbocycles. The van der Waals surface area contributed by atoms with Gasteiger partial charge in [-0.3, -0.25) is 0 Å². The topological polar surface area (TPSA) is 66.2 Å². The van der Waals surface area contributed by atoms with E-state index in [1.807, 2.05) is 6.07 Å². The third-order valence-electron chi connectivity index (χ3n) is 3.01. The van der Waals surface area contributed by atoms with Crippen LogP contribution >= 0.6 is 11.6 Å². The van der Waals surface area contributed by atoms with Crippen LogP contribution in [0, 0.1) is 6.92 Å². The van der Waals surface area contributed by atoms with E-state index in [9.17, 15) is 4.79 Å². The van der Waals surface area contributed by atoms with Crippen molar-refractivity contribution in [3.63, 3.8) is 0 Å². The molecule has 0 fully saturated rings. The molecule has 1 heterocycles. The lowest BCUT2D eigenvalue weighted by Gasteiger charge is -2.13. The van der Waals surface area contributed by atoms with E-state index in [-0.39, 0.29) is 12.4 Å². The van der Waals surface area contributed by atoms with Gasteiger partial charge in [0.15, 0.2) is 0 Å². The highest BCUT2D eigenvalue weighted by molar-refractivity contribution is 6.31. The minimum Gasteiger partial charge on any atom is -0.496 e. The molecule has 0 amide bonds. The minimum absolute atomic E-state index is 0.149. The van der Waals surface area contributed by atoms with Crippen LogP contribution in [0.2, 0.25) is 5.02 Å². The van der Waals surface area contributed by atoms with Crippen molar-refractivity contribution in [3.05, 3.63) is 40.4 Å². The van der Waals surface area contributed by atoms with Gasteiger partial charge in [-0.2, -0.15) is 0 Å². The summed E-state index contributed by atoms with van der Waals surface area (Å²) in [4.78, 5) is 11.9.